The molecule has 4 nitrogen and oxygen atoms in total. The second kappa shape index (κ2) is 6.00. The first-order valence-electron chi connectivity index (χ1n) is 8.09. The van der Waals surface area contributed by atoms with Crippen molar-refractivity contribution in [3.8, 4) is 10.6 Å². The maximum atomic E-state index is 13.9. The third-order valence-corrected chi connectivity index (χ3v) is 5.67. The summed E-state index contributed by atoms with van der Waals surface area (Å²) in [6.45, 7) is 1.58. The van der Waals surface area contributed by atoms with Gasteiger partial charge in [0.15, 0.2) is 5.01 Å². The van der Waals surface area contributed by atoms with Crippen molar-refractivity contribution in [1.82, 2.24) is 15.1 Å². The molecule has 6 heteroatoms. The van der Waals surface area contributed by atoms with E-state index in [1.165, 1.54) is 17.4 Å². The van der Waals surface area contributed by atoms with Crippen LogP contribution in [0.4, 0.5) is 4.39 Å². The number of likely N-dealkylation sites (tertiary alicyclic amines) is 1. The van der Waals surface area contributed by atoms with E-state index in [-0.39, 0.29) is 17.7 Å². The van der Waals surface area contributed by atoms with Gasteiger partial charge in [-0.3, -0.25) is 4.79 Å². The van der Waals surface area contributed by atoms with Crippen molar-refractivity contribution in [1.29, 1.82) is 0 Å². The Hall–Kier alpha value is -1.82. The number of carbonyl (C=O) groups excluding carboxylic acids is 1. The molecular formula is C17H18FN3OS. The average molecular weight is 331 g/mol. The first-order chi connectivity index (χ1) is 11.2. The Morgan fingerprint density at radius 3 is 2.83 bits per heavy atom. The minimum atomic E-state index is -0.274. The van der Waals surface area contributed by atoms with Gasteiger partial charge in [0.25, 0.3) is 0 Å². The molecule has 0 bridgehead atoms. The Balaban J connectivity index is 1.52. The summed E-state index contributed by atoms with van der Waals surface area (Å²) in [5, 5.41) is 9.97. The molecule has 0 spiro atoms. The second-order valence-corrected chi connectivity index (χ2v) is 7.33. The van der Waals surface area contributed by atoms with E-state index in [0.29, 0.717) is 16.5 Å². The van der Waals surface area contributed by atoms with Gasteiger partial charge < -0.3 is 4.90 Å². The molecule has 0 unspecified atom stereocenters. The molecule has 1 aromatic heterocycles. The lowest BCUT2D eigenvalue weighted by molar-refractivity contribution is -0.133. The predicted molar refractivity (Wildman–Crippen MR) is 86.6 cm³/mol. The molecular weight excluding hydrogens is 313 g/mol. The second-order valence-electron chi connectivity index (χ2n) is 6.32. The third kappa shape index (κ3) is 3.00. The van der Waals surface area contributed by atoms with Crippen molar-refractivity contribution in [2.45, 2.75) is 31.6 Å². The number of rotatable bonds is 3. The number of aromatic nitrogens is 2. The summed E-state index contributed by atoms with van der Waals surface area (Å²) in [5.41, 5.74) is 0.498. The first kappa shape index (κ1) is 14.8. The Morgan fingerprint density at radius 2 is 2.04 bits per heavy atom. The minimum Gasteiger partial charge on any atom is -0.342 e. The number of carbonyl (C=O) groups is 1. The highest BCUT2D eigenvalue weighted by atomic mass is 32.1. The van der Waals surface area contributed by atoms with Crippen LogP contribution < -0.4 is 0 Å². The van der Waals surface area contributed by atoms with Crippen LogP contribution in [0.3, 0.4) is 0 Å². The quantitative estimate of drug-likeness (QED) is 0.865. The number of halogens is 1. The van der Waals surface area contributed by atoms with Crippen LogP contribution in [0.25, 0.3) is 10.6 Å². The Bertz CT molecular complexity index is 728. The van der Waals surface area contributed by atoms with Gasteiger partial charge in [0.05, 0.1) is 0 Å². The summed E-state index contributed by atoms with van der Waals surface area (Å²) in [4.78, 5) is 14.2. The molecule has 2 aliphatic rings. The molecule has 4 rings (SSSR count). The van der Waals surface area contributed by atoms with Gasteiger partial charge in [0, 0.05) is 30.5 Å². The van der Waals surface area contributed by atoms with Crippen molar-refractivity contribution < 1.29 is 9.18 Å². The number of piperidine rings is 1. The number of benzene rings is 1. The van der Waals surface area contributed by atoms with E-state index in [9.17, 15) is 9.18 Å². The van der Waals surface area contributed by atoms with Crippen LogP contribution in [0.15, 0.2) is 24.3 Å². The van der Waals surface area contributed by atoms with Crippen LogP contribution in [0.2, 0.25) is 0 Å². The zero-order valence-corrected chi connectivity index (χ0v) is 13.6. The lowest BCUT2D eigenvalue weighted by Gasteiger charge is -2.31. The molecule has 1 aromatic carbocycles. The number of amides is 1. The first-order valence-corrected chi connectivity index (χ1v) is 8.91. The van der Waals surface area contributed by atoms with Gasteiger partial charge >= 0.3 is 0 Å². The molecule has 1 amide bonds. The Morgan fingerprint density at radius 1 is 1.22 bits per heavy atom. The zero-order valence-electron chi connectivity index (χ0n) is 12.7. The molecule has 0 N–H and O–H groups in total. The summed E-state index contributed by atoms with van der Waals surface area (Å²) in [5.74, 6) is 0.513. The molecule has 2 heterocycles. The summed E-state index contributed by atoms with van der Waals surface area (Å²) in [7, 11) is 0. The van der Waals surface area contributed by atoms with Crippen LogP contribution >= 0.6 is 11.3 Å². The lowest BCUT2D eigenvalue weighted by atomic mass is 9.98. The largest absolute Gasteiger partial charge is 0.342 e. The maximum Gasteiger partial charge on any atom is 0.225 e. The standard InChI is InChI=1S/C17H18FN3OS/c18-14-6-2-1-5-13(14)16-20-19-15(23-16)12-4-3-9-21(10-12)17(22)11-7-8-11/h1-2,5-6,11-12H,3-4,7-10H2/t12-/m1/s1. The van der Waals surface area contributed by atoms with E-state index in [0.717, 1.165) is 43.8 Å². The van der Waals surface area contributed by atoms with E-state index in [1.54, 1.807) is 18.2 Å². The summed E-state index contributed by atoms with van der Waals surface area (Å²) in [6.07, 6.45) is 4.09. The maximum absolute atomic E-state index is 13.9. The number of hydrogen-bond donors (Lipinski definition) is 0. The highest BCUT2D eigenvalue weighted by molar-refractivity contribution is 7.14. The van der Waals surface area contributed by atoms with E-state index < -0.39 is 0 Å². The Kier molecular flexibility index (Phi) is 3.85. The topological polar surface area (TPSA) is 46.1 Å². The van der Waals surface area contributed by atoms with Crippen LogP contribution in [0.1, 0.15) is 36.6 Å². The van der Waals surface area contributed by atoms with Gasteiger partial charge in [-0.2, -0.15) is 0 Å². The lowest BCUT2D eigenvalue weighted by Crippen LogP contribution is -2.39. The van der Waals surface area contributed by atoms with Crippen molar-refractivity contribution in [2.24, 2.45) is 5.92 Å². The van der Waals surface area contributed by atoms with Gasteiger partial charge in [-0.05, 0) is 37.8 Å². The van der Waals surface area contributed by atoms with Crippen LogP contribution in [0, 0.1) is 11.7 Å². The van der Waals surface area contributed by atoms with Crippen molar-refractivity contribution in [3.05, 3.63) is 35.1 Å². The smallest absolute Gasteiger partial charge is 0.225 e. The molecule has 120 valence electrons. The van der Waals surface area contributed by atoms with Gasteiger partial charge in [0.2, 0.25) is 5.91 Å². The van der Waals surface area contributed by atoms with Gasteiger partial charge in [-0.15, -0.1) is 10.2 Å². The van der Waals surface area contributed by atoms with E-state index in [4.69, 9.17) is 0 Å². The highest BCUT2D eigenvalue weighted by Crippen LogP contribution is 2.36. The van der Waals surface area contributed by atoms with Crippen LogP contribution in [0.5, 0.6) is 0 Å². The van der Waals surface area contributed by atoms with Crippen molar-refractivity contribution in [3.63, 3.8) is 0 Å². The molecule has 2 fully saturated rings. The summed E-state index contributed by atoms with van der Waals surface area (Å²) < 4.78 is 13.9. The van der Waals surface area contributed by atoms with Crippen LogP contribution in [-0.2, 0) is 4.79 Å². The fourth-order valence-electron chi connectivity index (χ4n) is 3.11. The average Bonchev–Trinajstić information content (AvgIpc) is 3.32. The SMILES string of the molecule is O=C(C1CC1)N1CCC[C@@H](c2nnc(-c3ccccc3F)s2)C1. The molecule has 2 aromatic rings. The summed E-state index contributed by atoms with van der Waals surface area (Å²) in [6, 6.07) is 6.63. The summed E-state index contributed by atoms with van der Waals surface area (Å²) >= 11 is 1.44. The third-order valence-electron chi connectivity index (χ3n) is 4.55. The molecule has 1 aliphatic carbocycles. The fourth-order valence-corrected chi connectivity index (χ4v) is 4.11. The predicted octanol–water partition coefficient (Wildman–Crippen LogP) is 3.46. The normalized spacial score (nSPS) is 21.4. The zero-order chi connectivity index (χ0) is 15.8. The molecule has 1 saturated heterocycles. The van der Waals surface area contributed by atoms with Crippen molar-refractivity contribution >= 4 is 17.2 Å². The molecule has 0 radical (unpaired) electrons. The number of hydrogen-bond acceptors (Lipinski definition) is 4. The van der Waals surface area contributed by atoms with E-state index >= 15 is 0 Å². The molecule has 1 aliphatic heterocycles. The molecule has 1 atom stereocenters. The highest BCUT2D eigenvalue weighted by Gasteiger charge is 2.36. The monoisotopic (exact) mass is 331 g/mol. The minimum absolute atomic E-state index is 0.226. The van der Waals surface area contributed by atoms with E-state index in [2.05, 4.69) is 10.2 Å². The van der Waals surface area contributed by atoms with Gasteiger partial charge in [-0.1, -0.05) is 23.5 Å². The van der Waals surface area contributed by atoms with Gasteiger partial charge in [-0.25, -0.2) is 4.39 Å². The Labute approximate surface area is 138 Å². The molecule has 1 saturated carbocycles. The van der Waals surface area contributed by atoms with Crippen molar-refractivity contribution in [2.75, 3.05) is 13.1 Å². The van der Waals surface area contributed by atoms with Gasteiger partial charge in [0.1, 0.15) is 10.8 Å². The number of nitrogens with zero attached hydrogens (tertiary/aromatic N) is 3. The molecule has 23 heavy (non-hydrogen) atoms. The van der Waals surface area contributed by atoms with Crippen LogP contribution in [-0.4, -0.2) is 34.1 Å². The van der Waals surface area contributed by atoms with E-state index in [1.807, 2.05) is 4.90 Å². The fraction of sp³-hybridized carbons (Fsp3) is 0.471.